The third-order valence-corrected chi connectivity index (χ3v) is 9.61. The zero-order chi connectivity index (χ0) is 31.6. The molecule has 1 saturated carbocycles. The molecule has 3 aromatic heterocycles. The number of pyridine rings is 1. The first-order chi connectivity index (χ1) is 21.5. The molecule has 2 amide bonds. The van der Waals surface area contributed by atoms with E-state index in [2.05, 4.69) is 16.0 Å². The van der Waals surface area contributed by atoms with Gasteiger partial charge in [0.15, 0.2) is 5.82 Å². The summed E-state index contributed by atoms with van der Waals surface area (Å²) in [5.41, 5.74) is 2.61. The summed E-state index contributed by atoms with van der Waals surface area (Å²) >= 11 is 0. The molecule has 5 atom stereocenters. The highest BCUT2D eigenvalue weighted by Crippen LogP contribution is 2.58. The summed E-state index contributed by atoms with van der Waals surface area (Å²) < 4.78 is 62.2. The molecule has 2 bridgehead atoms. The van der Waals surface area contributed by atoms with Crippen LogP contribution in [0.2, 0.25) is 0 Å². The normalized spacial score (nSPS) is 26.8. The number of nitrogens with one attached hydrogen (secondary N) is 3. The minimum atomic E-state index is -2.98. The number of alkyl halides is 3. The van der Waals surface area contributed by atoms with Crippen molar-refractivity contribution in [3.63, 3.8) is 0 Å². The topological polar surface area (TPSA) is 106 Å². The van der Waals surface area contributed by atoms with Crippen LogP contribution in [-0.2, 0) is 18.4 Å². The highest BCUT2D eigenvalue weighted by atomic mass is 19.3. The molecule has 3 N–H and O–H groups in total. The molecular weight excluding hydrogens is 590 g/mol. The van der Waals surface area contributed by atoms with Gasteiger partial charge < -0.3 is 25.1 Å². The van der Waals surface area contributed by atoms with Crippen LogP contribution in [0.25, 0.3) is 33.6 Å². The van der Waals surface area contributed by atoms with Gasteiger partial charge in [0.2, 0.25) is 5.91 Å². The number of hydrogen-bond acceptors (Lipinski definition) is 5. The van der Waals surface area contributed by atoms with E-state index in [0.29, 0.717) is 60.6 Å². The lowest BCUT2D eigenvalue weighted by Crippen LogP contribution is -2.52. The van der Waals surface area contributed by atoms with E-state index < -0.39 is 53.6 Å². The molecule has 1 aliphatic carbocycles. The summed E-state index contributed by atoms with van der Waals surface area (Å²) in [6.07, 6.45) is 1.30. The van der Waals surface area contributed by atoms with Crippen molar-refractivity contribution in [2.24, 2.45) is 18.9 Å². The highest BCUT2D eigenvalue weighted by Gasteiger charge is 2.71. The van der Waals surface area contributed by atoms with Gasteiger partial charge in [-0.1, -0.05) is 12.8 Å². The van der Waals surface area contributed by atoms with Gasteiger partial charge in [0, 0.05) is 37.5 Å². The number of carbonyl (C=O) groups is 2. The van der Waals surface area contributed by atoms with Gasteiger partial charge in [-0.25, -0.2) is 27.5 Å². The molecule has 13 heteroatoms. The van der Waals surface area contributed by atoms with E-state index in [1.807, 2.05) is 16.7 Å². The Morgan fingerprint density at radius 3 is 2.73 bits per heavy atom. The average Bonchev–Trinajstić information content (AvgIpc) is 3.22. The number of rotatable bonds is 3. The molecule has 0 radical (unpaired) electrons. The number of hydrogen-bond donors (Lipinski definition) is 3. The minimum absolute atomic E-state index is 0.210. The molecule has 1 saturated heterocycles. The average molecular weight is 626 g/mol. The Balaban J connectivity index is 1.24. The van der Waals surface area contributed by atoms with E-state index in [9.17, 15) is 22.8 Å². The second-order valence-corrected chi connectivity index (χ2v) is 12.6. The number of fused-ring (bicyclic) bond motifs is 3. The molecular formula is C32H35F4N7O2. The van der Waals surface area contributed by atoms with E-state index in [4.69, 9.17) is 9.97 Å². The van der Waals surface area contributed by atoms with Crippen molar-refractivity contribution in [3.05, 3.63) is 47.4 Å². The lowest BCUT2D eigenvalue weighted by molar-refractivity contribution is -0.125. The lowest BCUT2D eigenvalue weighted by atomic mass is 10.0. The number of piperidine rings is 1. The quantitative estimate of drug-likeness (QED) is 0.284. The van der Waals surface area contributed by atoms with Crippen LogP contribution in [0.3, 0.4) is 0 Å². The monoisotopic (exact) mass is 625 g/mol. The van der Waals surface area contributed by atoms with Gasteiger partial charge in [-0.3, -0.25) is 9.59 Å². The number of halogens is 4. The van der Waals surface area contributed by atoms with Crippen molar-refractivity contribution in [1.82, 2.24) is 35.1 Å². The van der Waals surface area contributed by atoms with Gasteiger partial charge in [0.1, 0.15) is 23.6 Å². The molecule has 3 aliphatic rings. The fourth-order valence-electron chi connectivity index (χ4n) is 6.92. The Morgan fingerprint density at radius 2 is 1.93 bits per heavy atom. The maximum Gasteiger partial charge on any atom is 0.263 e. The zero-order valence-electron chi connectivity index (χ0n) is 25.0. The summed E-state index contributed by atoms with van der Waals surface area (Å²) in [4.78, 5) is 35.4. The van der Waals surface area contributed by atoms with Crippen LogP contribution in [0.4, 0.5) is 17.6 Å². The van der Waals surface area contributed by atoms with Gasteiger partial charge in [-0.15, -0.1) is 0 Å². The van der Waals surface area contributed by atoms with Crippen molar-refractivity contribution in [2.45, 2.75) is 69.8 Å². The number of benzene rings is 1. The van der Waals surface area contributed by atoms with Crippen LogP contribution in [-0.4, -0.2) is 62.1 Å². The van der Waals surface area contributed by atoms with Crippen LogP contribution in [0.15, 0.2) is 30.3 Å². The number of aromatic nitrogens is 4. The van der Waals surface area contributed by atoms with Crippen molar-refractivity contribution < 1.29 is 27.2 Å². The van der Waals surface area contributed by atoms with Crippen LogP contribution in [0, 0.1) is 17.7 Å². The van der Waals surface area contributed by atoms with E-state index in [-0.39, 0.29) is 24.9 Å². The first-order valence-electron chi connectivity index (χ1n) is 15.5. The second-order valence-electron chi connectivity index (χ2n) is 12.6. The number of imidazole rings is 1. The summed E-state index contributed by atoms with van der Waals surface area (Å²) in [6, 6.07) is 6.93. The highest BCUT2D eigenvalue weighted by molar-refractivity contribution is 5.98. The summed E-state index contributed by atoms with van der Waals surface area (Å²) in [5, 5.41) is 9.22. The Morgan fingerprint density at radius 1 is 1.11 bits per heavy atom. The fourth-order valence-corrected chi connectivity index (χ4v) is 6.92. The van der Waals surface area contributed by atoms with Crippen molar-refractivity contribution in [2.75, 3.05) is 13.1 Å². The van der Waals surface area contributed by atoms with Crippen LogP contribution >= 0.6 is 0 Å². The van der Waals surface area contributed by atoms with Crippen molar-refractivity contribution in [3.8, 4) is 11.5 Å². The van der Waals surface area contributed by atoms with Crippen molar-refractivity contribution in [1.29, 1.82) is 0 Å². The minimum Gasteiger partial charge on any atom is -0.348 e. The molecule has 238 valence electrons. The van der Waals surface area contributed by atoms with E-state index >= 15 is 4.39 Å². The molecule has 2 fully saturated rings. The number of amides is 2. The van der Waals surface area contributed by atoms with Gasteiger partial charge in [-0.2, -0.15) is 0 Å². The van der Waals surface area contributed by atoms with Crippen LogP contribution < -0.4 is 16.0 Å². The third-order valence-electron chi connectivity index (χ3n) is 9.61. The predicted molar refractivity (Wildman–Crippen MR) is 160 cm³/mol. The number of nitrogens with zero attached hydrogens (tertiary/aromatic N) is 4. The Bertz CT molecular complexity index is 1820. The Kier molecular flexibility index (Phi) is 7.33. The molecule has 1 aromatic carbocycles. The predicted octanol–water partition coefficient (Wildman–Crippen LogP) is 4.79. The third kappa shape index (κ3) is 5.14. The molecule has 45 heavy (non-hydrogen) atoms. The van der Waals surface area contributed by atoms with Gasteiger partial charge in [0.25, 0.3) is 11.8 Å². The molecule has 7 rings (SSSR count). The maximum absolute atomic E-state index is 15.3. The van der Waals surface area contributed by atoms with E-state index in [1.54, 1.807) is 24.6 Å². The Labute approximate surface area is 256 Å². The largest absolute Gasteiger partial charge is 0.348 e. The standard InChI is InChI=1S/C32H35F4N7O2/c1-16-22-8-7-17-12-26(43(28(17)39-22)11-5-3-4-6-19-27(31(45)38-16)32(19,35)36)29-40-23-13-18(21(34)14-25(23)42(29)2)30(44)41-24-15-37-10-9-20(24)33/h7-8,12-14,16,19-20,24,27,37H,3-6,9-11,15H2,1-2H3,(H,38,45)(H,41,44)/t16-,19-,20+,24+,27-/m1/s1. The summed E-state index contributed by atoms with van der Waals surface area (Å²) in [6.45, 7) is 3.07. The Hall–Kier alpha value is -4.00. The first kappa shape index (κ1) is 29.7. The maximum atomic E-state index is 15.3. The number of aryl methyl sites for hydroxylation is 2. The zero-order valence-corrected chi connectivity index (χ0v) is 25.0. The molecule has 9 nitrogen and oxygen atoms in total. The fraction of sp³-hybridized carbons (Fsp3) is 0.500. The number of carbonyl (C=O) groups excluding carboxylic acids is 2. The van der Waals surface area contributed by atoms with Gasteiger partial charge >= 0.3 is 0 Å². The summed E-state index contributed by atoms with van der Waals surface area (Å²) in [7, 11) is 1.77. The van der Waals surface area contributed by atoms with Crippen molar-refractivity contribution >= 4 is 33.9 Å². The van der Waals surface area contributed by atoms with E-state index in [0.717, 1.165) is 11.1 Å². The molecule has 0 unspecified atom stereocenters. The van der Waals surface area contributed by atoms with Gasteiger partial charge in [0.05, 0.1) is 40.1 Å². The smallest absolute Gasteiger partial charge is 0.263 e. The molecule has 5 heterocycles. The first-order valence-corrected chi connectivity index (χ1v) is 15.5. The SMILES string of the molecule is C[C@H]1NC(=O)[C@H]2[C@@H](CCCCCn3c(-c4nc5cc(C(=O)N[C@H]6CNCC[C@@H]6F)c(F)cc5n4C)cc4ccc1nc43)C2(F)F. The molecule has 0 spiro atoms. The molecule has 2 aliphatic heterocycles. The van der Waals surface area contributed by atoms with Crippen LogP contribution in [0.5, 0.6) is 0 Å². The molecule has 4 aromatic rings. The van der Waals surface area contributed by atoms with E-state index in [1.165, 1.54) is 12.1 Å². The van der Waals surface area contributed by atoms with Crippen LogP contribution in [0.1, 0.15) is 61.1 Å². The lowest BCUT2D eigenvalue weighted by Gasteiger charge is -2.27. The summed E-state index contributed by atoms with van der Waals surface area (Å²) in [5.74, 6) is -6.76. The van der Waals surface area contributed by atoms with Gasteiger partial charge in [-0.05, 0) is 57.0 Å². The second kappa shape index (κ2) is 11.1.